The molecule has 0 bridgehead atoms. The lowest BCUT2D eigenvalue weighted by molar-refractivity contribution is -0.113. The van der Waals surface area contributed by atoms with Crippen molar-refractivity contribution in [3.05, 3.63) is 18.7 Å². The maximum atomic E-state index is 11.6. The Hall–Kier alpha value is -1.83. The molecule has 2 aromatic heterocycles. The monoisotopic (exact) mass is 266 g/mol. The Morgan fingerprint density at radius 3 is 3.11 bits per heavy atom. The van der Waals surface area contributed by atoms with E-state index in [4.69, 9.17) is 0 Å². The lowest BCUT2D eigenvalue weighted by Gasteiger charge is -2.08. The van der Waals surface area contributed by atoms with E-state index in [-0.39, 0.29) is 17.7 Å². The molecule has 2 aromatic rings. The molecule has 2 rings (SSSR count). The van der Waals surface area contributed by atoms with Crippen molar-refractivity contribution in [2.24, 2.45) is 0 Å². The van der Waals surface area contributed by atoms with Crippen LogP contribution in [0.5, 0.6) is 0 Å². The highest BCUT2D eigenvalue weighted by atomic mass is 32.2. The van der Waals surface area contributed by atoms with Crippen molar-refractivity contribution in [3.8, 4) is 0 Å². The first-order valence-electron chi connectivity index (χ1n) is 5.48. The number of hydrogen-bond acceptors (Lipinski definition) is 5. The highest BCUT2D eigenvalue weighted by Gasteiger charge is 2.11. The van der Waals surface area contributed by atoms with Gasteiger partial charge >= 0.3 is 0 Å². The van der Waals surface area contributed by atoms with Gasteiger partial charge in [0.25, 0.3) is 0 Å². The minimum Gasteiger partial charge on any atom is -0.331 e. The molecule has 0 fully saturated rings. The fraction of sp³-hybridized carbons (Fsp3) is 0.400. The van der Waals surface area contributed by atoms with Crippen molar-refractivity contribution in [1.82, 2.24) is 24.7 Å². The van der Waals surface area contributed by atoms with Crippen LogP contribution < -0.4 is 5.32 Å². The van der Waals surface area contributed by atoms with Gasteiger partial charge in [0.1, 0.15) is 6.33 Å². The quantitative estimate of drug-likeness (QED) is 0.797. The molecule has 18 heavy (non-hydrogen) atoms. The Kier molecular flexibility index (Phi) is 3.98. The molecule has 0 saturated heterocycles. The van der Waals surface area contributed by atoms with Gasteiger partial charge in [-0.25, -0.2) is 4.98 Å². The summed E-state index contributed by atoms with van der Waals surface area (Å²) in [6, 6.07) is 0.274. The predicted molar refractivity (Wildman–Crippen MR) is 68.3 cm³/mol. The second-order valence-electron chi connectivity index (χ2n) is 3.89. The maximum absolute atomic E-state index is 11.6. The zero-order valence-electron chi connectivity index (χ0n) is 10.1. The van der Waals surface area contributed by atoms with Crippen LogP contribution in [0.3, 0.4) is 0 Å². The van der Waals surface area contributed by atoms with Crippen molar-refractivity contribution < 1.29 is 4.79 Å². The first-order chi connectivity index (χ1) is 8.66. The van der Waals surface area contributed by atoms with E-state index in [0.29, 0.717) is 5.95 Å². The van der Waals surface area contributed by atoms with E-state index in [2.05, 4.69) is 25.5 Å². The van der Waals surface area contributed by atoms with Gasteiger partial charge in [-0.2, -0.15) is 0 Å². The van der Waals surface area contributed by atoms with Crippen molar-refractivity contribution in [1.29, 1.82) is 0 Å². The number of rotatable bonds is 5. The number of anilines is 1. The molecule has 2 heterocycles. The minimum atomic E-state index is -0.131. The lowest BCUT2D eigenvalue weighted by Crippen LogP contribution is -2.15. The molecule has 0 aliphatic heterocycles. The van der Waals surface area contributed by atoms with E-state index in [0.717, 1.165) is 5.16 Å². The van der Waals surface area contributed by atoms with Crippen LogP contribution in [0.2, 0.25) is 0 Å². The summed E-state index contributed by atoms with van der Waals surface area (Å²) in [5.74, 6) is 0.589. The molecular formula is C10H14N6OS. The number of hydrogen-bond donors (Lipinski definition) is 2. The number of aromatic nitrogens is 5. The number of amides is 1. The van der Waals surface area contributed by atoms with Crippen molar-refractivity contribution in [2.45, 2.75) is 25.0 Å². The van der Waals surface area contributed by atoms with E-state index in [1.54, 1.807) is 18.7 Å². The zero-order valence-corrected chi connectivity index (χ0v) is 10.9. The van der Waals surface area contributed by atoms with Gasteiger partial charge in [0, 0.05) is 18.4 Å². The fourth-order valence-corrected chi connectivity index (χ4v) is 2.17. The maximum Gasteiger partial charge on any atom is 0.237 e. The molecule has 7 nitrogen and oxygen atoms in total. The molecule has 0 unspecified atom stereocenters. The Balaban J connectivity index is 1.87. The summed E-state index contributed by atoms with van der Waals surface area (Å²) in [5, 5.41) is 11.2. The van der Waals surface area contributed by atoms with Crippen LogP contribution >= 0.6 is 11.8 Å². The molecule has 1 amide bonds. The van der Waals surface area contributed by atoms with Gasteiger partial charge in [-0.05, 0) is 13.8 Å². The highest BCUT2D eigenvalue weighted by Crippen LogP contribution is 2.18. The van der Waals surface area contributed by atoms with Crippen molar-refractivity contribution in [2.75, 3.05) is 11.1 Å². The number of aromatic amines is 1. The average Bonchev–Trinajstić information content (AvgIpc) is 2.96. The van der Waals surface area contributed by atoms with Gasteiger partial charge in [0.2, 0.25) is 11.9 Å². The number of carbonyl (C=O) groups excluding carboxylic acids is 1. The smallest absolute Gasteiger partial charge is 0.237 e. The molecule has 0 atom stereocenters. The third-order valence-corrected chi connectivity index (χ3v) is 3.14. The number of carbonyl (C=O) groups is 1. The molecule has 96 valence electrons. The average molecular weight is 266 g/mol. The highest BCUT2D eigenvalue weighted by molar-refractivity contribution is 7.99. The molecule has 8 heteroatoms. The Bertz CT molecular complexity index is 506. The van der Waals surface area contributed by atoms with Crippen LogP contribution in [0.1, 0.15) is 19.9 Å². The molecule has 0 aromatic carbocycles. The van der Waals surface area contributed by atoms with Crippen LogP contribution in [-0.2, 0) is 4.79 Å². The first kappa shape index (κ1) is 12.6. The number of nitrogens with one attached hydrogen (secondary N) is 2. The van der Waals surface area contributed by atoms with Crippen molar-refractivity contribution >= 4 is 23.6 Å². The number of H-pyrrole nitrogens is 1. The minimum absolute atomic E-state index is 0.131. The lowest BCUT2D eigenvalue weighted by atomic mass is 10.4. The van der Waals surface area contributed by atoms with Gasteiger partial charge in [0.05, 0.1) is 5.75 Å². The normalized spacial score (nSPS) is 10.8. The fourth-order valence-electron chi connectivity index (χ4n) is 1.32. The molecule has 0 saturated carbocycles. The number of imidazole rings is 1. The molecule has 0 aliphatic carbocycles. The molecule has 0 aliphatic rings. The predicted octanol–water partition coefficient (Wildman–Crippen LogP) is 1.31. The van der Waals surface area contributed by atoms with Crippen LogP contribution in [0.4, 0.5) is 5.95 Å². The molecule has 0 spiro atoms. The second kappa shape index (κ2) is 5.67. The summed E-state index contributed by atoms with van der Waals surface area (Å²) in [6.45, 7) is 4.08. The summed E-state index contributed by atoms with van der Waals surface area (Å²) < 4.78 is 1.92. The third-order valence-electron chi connectivity index (χ3n) is 2.18. The molecular weight excluding hydrogens is 252 g/mol. The zero-order chi connectivity index (χ0) is 13.0. The molecule has 2 N–H and O–H groups in total. The Labute approximate surface area is 108 Å². The van der Waals surface area contributed by atoms with Gasteiger partial charge < -0.3 is 9.55 Å². The molecule has 0 radical (unpaired) electrons. The second-order valence-corrected chi connectivity index (χ2v) is 4.83. The van der Waals surface area contributed by atoms with Crippen LogP contribution in [-0.4, -0.2) is 36.4 Å². The summed E-state index contributed by atoms with van der Waals surface area (Å²) >= 11 is 1.35. The summed E-state index contributed by atoms with van der Waals surface area (Å²) in [7, 11) is 0. The van der Waals surface area contributed by atoms with Gasteiger partial charge in [-0.3, -0.25) is 10.1 Å². The number of thioether (sulfide) groups is 1. The SMILES string of the molecule is CC(C)n1cnnc1SCC(=O)Nc1ncc[nH]1. The third kappa shape index (κ3) is 3.10. The van der Waals surface area contributed by atoms with Gasteiger partial charge in [-0.1, -0.05) is 11.8 Å². The largest absolute Gasteiger partial charge is 0.331 e. The Morgan fingerprint density at radius 1 is 1.61 bits per heavy atom. The Morgan fingerprint density at radius 2 is 2.44 bits per heavy atom. The van der Waals surface area contributed by atoms with E-state index in [1.165, 1.54) is 11.8 Å². The standard InChI is InChI=1S/C10H14N6OS/c1-7(2)16-6-13-15-10(16)18-5-8(17)14-9-11-3-4-12-9/h3-4,6-7H,5H2,1-2H3,(H2,11,12,14,17). The van der Waals surface area contributed by atoms with E-state index in [1.807, 2.05) is 18.4 Å². The van der Waals surface area contributed by atoms with E-state index in [9.17, 15) is 4.79 Å². The van der Waals surface area contributed by atoms with E-state index >= 15 is 0 Å². The van der Waals surface area contributed by atoms with Crippen LogP contribution in [0.25, 0.3) is 0 Å². The van der Waals surface area contributed by atoms with Crippen molar-refractivity contribution in [3.63, 3.8) is 0 Å². The van der Waals surface area contributed by atoms with Gasteiger partial charge in [-0.15, -0.1) is 10.2 Å². The summed E-state index contributed by atoms with van der Waals surface area (Å²) in [4.78, 5) is 18.4. The number of nitrogens with zero attached hydrogens (tertiary/aromatic N) is 4. The summed E-state index contributed by atoms with van der Waals surface area (Å²) in [5.41, 5.74) is 0. The van der Waals surface area contributed by atoms with Gasteiger partial charge in [0.15, 0.2) is 5.16 Å². The first-order valence-corrected chi connectivity index (χ1v) is 6.47. The van der Waals surface area contributed by atoms with Crippen LogP contribution in [0, 0.1) is 0 Å². The summed E-state index contributed by atoms with van der Waals surface area (Å²) in [6.07, 6.45) is 4.90. The van der Waals surface area contributed by atoms with Crippen LogP contribution in [0.15, 0.2) is 23.9 Å². The topological polar surface area (TPSA) is 88.5 Å². The van der Waals surface area contributed by atoms with E-state index < -0.39 is 0 Å².